The lowest BCUT2D eigenvalue weighted by molar-refractivity contribution is -0.122. The van der Waals surface area contributed by atoms with Crippen LogP contribution in [-0.4, -0.2) is 18.4 Å². The minimum atomic E-state index is -0.437. The molecule has 2 amide bonds. The van der Waals surface area contributed by atoms with Crippen LogP contribution in [0.25, 0.3) is 0 Å². The Morgan fingerprint density at radius 3 is 2.84 bits per heavy atom. The van der Waals surface area contributed by atoms with Crippen molar-refractivity contribution < 1.29 is 9.59 Å². The summed E-state index contributed by atoms with van der Waals surface area (Å²) < 4.78 is 0. The summed E-state index contributed by atoms with van der Waals surface area (Å²) in [4.78, 5) is 26.5. The Kier molecular flexibility index (Phi) is 4.73. The van der Waals surface area contributed by atoms with E-state index in [1.54, 1.807) is 47.4 Å². The highest BCUT2D eigenvalue weighted by Crippen LogP contribution is 2.30. The normalized spacial score (nSPS) is 16.6. The van der Waals surface area contributed by atoms with E-state index in [1.807, 2.05) is 13.0 Å². The molecule has 1 fully saturated rings. The first-order valence-corrected chi connectivity index (χ1v) is 8.23. The van der Waals surface area contributed by atoms with Crippen LogP contribution in [0, 0.1) is 24.2 Å². The highest BCUT2D eigenvalue weighted by Gasteiger charge is 2.35. The zero-order valence-corrected chi connectivity index (χ0v) is 14.4. The number of carbonyl (C=O) groups is 2. The van der Waals surface area contributed by atoms with Crippen molar-refractivity contribution in [3.05, 3.63) is 58.6 Å². The second-order valence-electron chi connectivity index (χ2n) is 6.02. The van der Waals surface area contributed by atoms with Crippen LogP contribution in [0.15, 0.2) is 42.5 Å². The fourth-order valence-corrected chi connectivity index (χ4v) is 3.18. The van der Waals surface area contributed by atoms with Gasteiger partial charge in [-0.3, -0.25) is 9.59 Å². The van der Waals surface area contributed by atoms with Crippen LogP contribution in [0.2, 0.25) is 5.02 Å². The van der Waals surface area contributed by atoms with Crippen molar-refractivity contribution in [2.75, 3.05) is 16.8 Å². The van der Waals surface area contributed by atoms with E-state index in [0.29, 0.717) is 22.8 Å². The number of hydrogen-bond acceptors (Lipinski definition) is 3. The minimum Gasteiger partial charge on any atom is -0.326 e. The van der Waals surface area contributed by atoms with Gasteiger partial charge in [-0.25, -0.2) is 0 Å². The summed E-state index contributed by atoms with van der Waals surface area (Å²) in [5, 5.41) is 12.3. The smallest absolute Gasteiger partial charge is 0.229 e. The van der Waals surface area contributed by atoms with Gasteiger partial charge in [0.05, 0.1) is 17.6 Å². The molecule has 3 rings (SSSR count). The van der Waals surface area contributed by atoms with Crippen LogP contribution < -0.4 is 10.2 Å². The maximum Gasteiger partial charge on any atom is 0.229 e. The van der Waals surface area contributed by atoms with Crippen LogP contribution in [0.1, 0.15) is 17.5 Å². The molecule has 0 bridgehead atoms. The van der Waals surface area contributed by atoms with Gasteiger partial charge in [0.1, 0.15) is 0 Å². The van der Waals surface area contributed by atoms with Crippen molar-refractivity contribution in [1.29, 1.82) is 5.26 Å². The van der Waals surface area contributed by atoms with Gasteiger partial charge in [-0.15, -0.1) is 0 Å². The first-order chi connectivity index (χ1) is 12.0. The quantitative estimate of drug-likeness (QED) is 0.917. The summed E-state index contributed by atoms with van der Waals surface area (Å²) in [5.41, 5.74) is 2.69. The number of carbonyl (C=O) groups excluding carboxylic acids is 2. The predicted molar refractivity (Wildman–Crippen MR) is 96.4 cm³/mol. The molecule has 1 aliphatic rings. The number of aryl methyl sites for hydroxylation is 1. The first-order valence-electron chi connectivity index (χ1n) is 7.85. The zero-order chi connectivity index (χ0) is 18.0. The Morgan fingerprint density at radius 2 is 2.12 bits per heavy atom. The molecule has 1 unspecified atom stereocenters. The van der Waals surface area contributed by atoms with E-state index in [4.69, 9.17) is 16.9 Å². The number of rotatable bonds is 3. The fourth-order valence-electron chi connectivity index (χ4n) is 2.95. The molecule has 2 aromatic carbocycles. The van der Waals surface area contributed by atoms with Crippen molar-refractivity contribution in [3.63, 3.8) is 0 Å². The third-order valence-corrected chi connectivity index (χ3v) is 4.44. The number of nitrogens with one attached hydrogen (secondary N) is 1. The van der Waals surface area contributed by atoms with Gasteiger partial charge in [-0.1, -0.05) is 17.7 Å². The molecule has 0 aliphatic carbocycles. The van der Waals surface area contributed by atoms with Crippen LogP contribution in [0.3, 0.4) is 0 Å². The van der Waals surface area contributed by atoms with Crippen LogP contribution >= 0.6 is 11.6 Å². The summed E-state index contributed by atoms with van der Waals surface area (Å²) in [6, 6.07) is 14.1. The van der Waals surface area contributed by atoms with E-state index < -0.39 is 5.92 Å². The SMILES string of the molecule is Cc1cc(Cl)ccc1N1CC(C(=O)Nc2cccc(C#N)c2)CC1=O. The molecule has 25 heavy (non-hydrogen) atoms. The van der Waals surface area contributed by atoms with Crippen molar-refractivity contribution in [2.24, 2.45) is 5.92 Å². The Hall–Kier alpha value is -2.84. The molecular formula is C19H16ClN3O2. The Bertz CT molecular complexity index is 888. The predicted octanol–water partition coefficient (Wildman–Crippen LogP) is 3.51. The van der Waals surface area contributed by atoms with Gasteiger partial charge in [0.25, 0.3) is 0 Å². The van der Waals surface area contributed by atoms with Gasteiger partial charge >= 0.3 is 0 Å². The third-order valence-electron chi connectivity index (χ3n) is 4.20. The lowest BCUT2D eigenvalue weighted by atomic mass is 10.1. The summed E-state index contributed by atoms with van der Waals surface area (Å²) in [6.07, 6.45) is 0.159. The van der Waals surface area contributed by atoms with Crippen LogP contribution in [-0.2, 0) is 9.59 Å². The molecule has 0 aromatic heterocycles. The van der Waals surface area contributed by atoms with Gasteiger partial charge in [0.2, 0.25) is 11.8 Å². The van der Waals surface area contributed by atoms with Crippen LogP contribution in [0.5, 0.6) is 0 Å². The van der Waals surface area contributed by atoms with Gasteiger partial charge in [0, 0.05) is 29.4 Å². The average Bonchev–Trinajstić information content (AvgIpc) is 2.97. The standard InChI is InChI=1S/C19H16ClN3O2/c1-12-7-15(20)5-6-17(12)23-11-14(9-18(23)24)19(25)22-16-4-2-3-13(8-16)10-21/h2-8,14H,9,11H2,1H3,(H,22,25). The second kappa shape index (κ2) is 6.96. The lowest BCUT2D eigenvalue weighted by Gasteiger charge is -2.19. The van der Waals surface area contributed by atoms with E-state index in [2.05, 4.69) is 5.32 Å². The molecule has 6 heteroatoms. The number of hydrogen-bond donors (Lipinski definition) is 1. The molecule has 2 aromatic rings. The molecule has 1 aliphatic heterocycles. The molecule has 1 N–H and O–H groups in total. The number of halogens is 1. The zero-order valence-electron chi connectivity index (χ0n) is 13.6. The van der Waals surface area contributed by atoms with Crippen molar-refractivity contribution >= 4 is 34.8 Å². The van der Waals surface area contributed by atoms with Gasteiger partial charge in [-0.05, 0) is 48.9 Å². The van der Waals surface area contributed by atoms with Gasteiger partial charge in [0.15, 0.2) is 0 Å². The van der Waals surface area contributed by atoms with Gasteiger partial charge in [-0.2, -0.15) is 5.26 Å². The monoisotopic (exact) mass is 353 g/mol. The topological polar surface area (TPSA) is 73.2 Å². The average molecular weight is 354 g/mol. The molecule has 126 valence electrons. The van der Waals surface area contributed by atoms with E-state index in [0.717, 1.165) is 11.3 Å². The lowest BCUT2D eigenvalue weighted by Crippen LogP contribution is -2.28. The number of amides is 2. The largest absolute Gasteiger partial charge is 0.326 e. The van der Waals surface area contributed by atoms with Crippen LogP contribution in [0.4, 0.5) is 11.4 Å². The van der Waals surface area contributed by atoms with E-state index in [9.17, 15) is 9.59 Å². The molecule has 1 atom stereocenters. The number of nitrogens with zero attached hydrogens (tertiary/aromatic N) is 2. The molecule has 0 spiro atoms. The molecule has 1 heterocycles. The molecule has 0 radical (unpaired) electrons. The molecule has 5 nitrogen and oxygen atoms in total. The summed E-state index contributed by atoms with van der Waals surface area (Å²) in [6.45, 7) is 2.21. The maximum absolute atomic E-state index is 12.5. The first kappa shape index (κ1) is 17.0. The fraction of sp³-hybridized carbons (Fsp3) is 0.211. The van der Waals surface area contributed by atoms with E-state index in [-0.39, 0.29) is 18.2 Å². The highest BCUT2D eigenvalue weighted by atomic mass is 35.5. The summed E-state index contributed by atoms with van der Waals surface area (Å²) >= 11 is 5.96. The number of anilines is 2. The number of benzene rings is 2. The second-order valence-corrected chi connectivity index (χ2v) is 6.45. The van der Waals surface area contributed by atoms with Crippen molar-refractivity contribution in [1.82, 2.24) is 0 Å². The Morgan fingerprint density at radius 1 is 1.32 bits per heavy atom. The van der Waals surface area contributed by atoms with Crippen molar-refractivity contribution in [3.8, 4) is 6.07 Å². The number of nitriles is 1. The van der Waals surface area contributed by atoms with E-state index in [1.165, 1.54) is 0 Å². The minimum absolute atomic E-state index is 0.0867. The summed E-state index contributed by atoms with van der Waals surface area (Å²) in [5.74, 6) is -0.748. The summed E-state index contributed by atoms with van der Waals surface area (Å²) in [7, 11) is 0. The van der Waals surface area contributed by atoms with Crippen molar-refractivity contribution in [2.45, 2.75) is 13.3 Å². The Labute approximate surface area is 150 Å². The molecule has 1 saturated heterocycles. The Balaban J connectivity index is 1.73. The molecule has 0 saturated carbocycles. The van der Waals surface area contributed by atoms with E-state index >= 15 is 0 Å². The molecular weight excluding hydrogens is 338 g/mol. The maximum atomic E-state index is 12.5. The third kappa shape index (κ3) is 3.65. The van der Waals surface area contributed by atoms with Gasteiger partial charge < -0.3 is 10.2 Å². The highest BCUT2D eigenvalue weighted by molar-refractivity contribution is 6.30.